The van der Waals surface area contributed by atoms with Gasteiger partial charge in [-0.15, -0.1) is 0 Å². The Hall–Kier alpha value is -0.540. The van der Waals surface area contributed by atoms with Crippen LogP contribution in [0.4, 0.5) is 0 Å². The number of nitrogens with one attached hydrogen (secondary N) is 1. The molecule has 3 nitrogen and oxygen atoms in total. The molecule has 0 amide bonds. The molecule has 0 spiro atoms. The van der Waals surface area contributed by atoms with Crippen molar-refractivity contribution in [3.8, 4) is 0 Å². The Bertz CT molecular complexity index is 340. The first kappa shape index (κ1) is 12.9. The van der Waals surface area contributed by atoms with E-state index in [4.69, 9.17) is 11.6 Å². The van der Waals surface area contributed by atoms with Crippen LogP contribution in [0, 0.1) is 6.92 Å². The summed E-state index contributed by atoms with van der Waals surface area (Å²) in [5, 5.41) is 8.67. The maximum Gasteiger partial charge on any atom is 0.0814 e. The molecule has 0 saturated heterocycles. The van der Waals surface area contributed by atoms with Crippen LogP contribution in [0.3, 0.4) is 0 Å². The molecule has 1 aliphatic rings. The molecule has 17 heavy (non-hydrogen) atoms. The molecule has 1 aromatic rings. The lowest BCUT2D eigenvalue weighted by Crippen LogP contribution is -2.31. The molecule has 1 N–H and O–H groups in total. The van der Waals surface area contributed by atoms with Gasteiger partial charge in [-0.1, -0.05) is 37.3 Å². The van der Waals surface area contributed by atoms with Crippen LogP contribution in [0.2, 0.25) is 5.02 Å². The minimum atomic E-state index is 0.712. The third kappa shape index (κ3) is 3.71. The summed E-state index contributed by atoms with van der Waals surface area (Å²) in [5.41, 5.74) is 1.06. The Labute approximate surface area is 109 Å². The molecule has 2 rings (SSSR count). The Kier molecular flexibility index (Phi) is 4.86. The van der Waals surface area contributed by atoms with Crippen LogP contribution in [0.1, 0.15) is 44.2 Å². The van der Waals surface area contributed by atoms with E-state index in [1.807, 2.05) is 11.6 Å². The van der Waals surface area contributed by atoms with Gasteiger partial charge in [0.05, 0.1) is 23.5 Å². The van der Waals surface area contributed by atoms with E-state index in [1.165, 1.54) is 38.5 Å². The van der Waals surface area contributed by atoms with Gasteiger partial charge in [0.25, 0.3) is 0 Å². The number of hydrogen-bond acceptors (Lipinski definition) is 2. The van der Waals surface area contributed by atoms with E-state index in [9.17, 15) is 0 Å². The third-order valence-corrected chi connectivity index (χ3v) is 4.03. The molecular weight excluding hydrogens is 234 g/mol. The first-order valence-corrected chi connectivity index (χ1v) is 7.06. The molecule has 0 bridgehead atoms. The Morgan fingerprint density at radius 1 is 1.35 bits per heavy atom. The lowest BCUT2D eigenvalue weighted by atomic mass is 10.1. The number of hydrogen-bond donors (Lipinski definition) is 1. The van der Waals surface area contributed by atoms with Gasteiger partial charge in [0.15, 0.2) is 0 Å². The molecular formula is C13H22ClN3. The fourth-order valence-corrected chi connectivity index (χ4v) is 2.65. The van der Waals surface area contributed by atoms with Crippen molar-refractivity contribution in [2.45, 2.75) is 58.0 Å². The maximum absolute atomic E-state index is 5.97. The van der Waals surface area contributed by atoms with Crippen molar-refractivity contribution in [1.82, 2.24) is 15.1 Å². The summed E-state index contributed by atoms with van der Waals surface area (Å²) >= 11 is 5.97. The normalized spacial score (nSPS) is 18.2. The van der Waals surface area contributed by atoms with Crippen LogP contribution < -0.4 is 5.32 Å². The number of nitrogens with zero attached hydrogens (tertiary/aromatic N) is 2. The van der Waals surface area contributed by atoms with Crippen LogP contribution in [-0.4, -0.2) is 22.4 Å². The van der Waals surface area contributed by atoms with Crippen molar-refractivity contribution in [2.24, 2.45) is 0 Å². The highest BCUT2D eigenvalue weighted by molar-refractivity contribution is 6.31. The molecule has 0 aliphatic heterocycles. The first-order valence-electron chi connectivity index (χ1n) is 6.68. The molecule has 0 unspecified atom stereocenters. The van der Waals surface area contributed by atoms with E-state index >= 15 is 0 Å². The summed E-state index contributed by atoms with van der Waals surface area (Å²) in [6, 6.07) is 0.712. The Morgan fingerprint density at radius 2 is 2.06 bits per heavy atom. The third-order valence-electron chi connectivity index (χ3n) is 3.66. The number of halogens is 1. The van der Waals surface area contributed by atoms with E-state index in [1.54, 1.807) is 6.20 Å². The van der Waals surface area contributed by atoms with Gasteiger partial charge >= 0.3 is 0 Å². The van der Waals surface area contributed by atoms with Crippen molar-refractivity contribution >= 4 is 11.6 Å². The predicted octanol–water partition coefficient (Wildman–Crippen LogP) is 3.16. The fraction of sp³-hybridized carbons (Fsp3) is 0.769. The van der Waals surface area contributed by atoms with Crippen LogP contribution >= 0.6 is 11.6 Å². The van der Waals surface area contributed by atoms with Gasteiger partial charge in [0.2, 0.25) is 0 Å². The monoisotopic (exact) mass is 255 g/mol. The van der Waals surface area contributed by atoms with Gasteiger partial charge in [0, 0.05) is 12.6 Å². The van der Waals surface area contributed by atoms with Gasteiger partial charge in [-0.3, -0.25) is 4.68 Å². The van der Waals surface area contributed by atoms with Crippen LogP contribution in [0.5, 0.6) is 0 Å². The van der Waals surface area contributed by atoms with Gasteiger partial charge in [0.1, 0.15) is 0 Å². The molecule has 0 radical (unpaired) electrons. The van der Waals surface area contributed by atoms with Crippen LogP contribution in [-0.2, 0) is 6.54 Å². The number of aromatic nitrogens is 2. The Morgan fingerprint density at radius 3 is 2.65 bits per heavy atom. The van der Waals surface area contributed by atoms with Crippen molar-refractivity contribution in [3.63, 3.8) is 0 Å². The minimum absolute atomic E-state index is 0.712. The van der Waals surface area contributed by atoms with E-state index in [0.29, 0.717) is 6.04 Å². The molecule has 1 heterocycles. The summed E-state index contributed by atoms with van der Waals surface area (Å²) in [4.78, 5) is 0. The van der Waals surface area contributed by atoms with Gasteiger partial charge in [-0.05, 0) is 19.8 Å². The van der Waals surface area contributed by atoms with Gasteiger partial charge in [-0.25, -0.2) is 0 Å². The molecule has 0 aromatic carbocycles. The topological polar surface area (TPSA) is 29.9 Å². The molecule has 1 aliphatic carbocycles. The van der Waals surface area contributed by atoms with E-state index < -0.39 is 0 Å². The molecule has 0 atom stereocenters. The minimum Gasteiger partial charge on any atom is -0.312 e. The summed E-state index contributed by atoms with van der Waals surface area (Å²) in [6.07, 6.45) is 9.97. The van der Waals surface area contributed by atoms with Crippen LogP contribution in [0.15, 0.2) is 6.20 Å². The second kappa shape index (κ2) is 6.41. The average molecular weight is 256 g/mol. The van der Waals surface area contributed by atoms with Gasteiger partial charge in [-0.2, -0.15) is 5.10 Å². The zero-order valence-corrected chi connectivity index (χ0v) is 11.3. The van der Waals surface area contributed by atoms with E-state index in [-0.39, 0.29) is 0 Å². The first-order chi connectivity index (χ1) is 8.27. The van der Waals surface area contributed by atoms with Crippen molar-refractivity contribution < 1.29 is 0 Å². The lowest BCUT2D eigenvalue weighted by Gasteiger charge is -2.16. The standard InChI is InChI=1S/C13H22ClN3/c1-11-13(14)10-16-17(11)9-8-15-12-6-4-2-3-5-7-12/h10,12,15H,2-9H2,1H3. The molecule has 1 saturated carbocycles. The average Bonchev–Trinajstić information content (AvgIpc) is 2.58. The summed E-state index contributed by atoms with van der Waals surface area (Å²) < 4.78 is 1.98. The molecule has 4 heteroatoms. The zero-order valence-electron chi connectivity index (χ0n) is 10.6. The smallest absolute Gasteiger partial charge is 0.0814 e. The second-order valence-corrected chi connectivity index (χ2v) is 5.35. The molecule has 1 aromatic heterocycles. The lowest BCUT2D eigenvalue weighted by molar-refractivity contribution is 0.434. The van der Waals surface area contributed by atoms with E-state index in [0.717, 1.165) is 23.8 Å². The van der Waals surface area contributed by atoms with Crippen LogP contribution in [0.25, 0.3) is 0 Å². The molecule has 1 fully saturated rings. The quantitative estimate of drug-likeness (QED) is 0.838. The van der Waals surface area contributed by atoms with Gasteiger partial charge < -0.3 is 5.32 Å². The molecule has 96 valence electrons. The SMILES string of the molecule is Cc1c(Cl)cnn1CCNC1CCCCCC1. The number of rotatable bonds is 4. The fourth-order valence-electron chi connectivity index (χ4n) is 2.51. The maximum atomic E-state index is 5.97. The highest BCUT2D eigenvalue weighted by Gasteiger charge is 2.11. The second-order valence-electron chi connectivity index (χ2n) is 4.94. The highest BCUT2D eigenvalue weighted by Crippen LogP contribution is 2.17. The Balaban J connectivity index is 1.73. The van der Waals surface area contributed by atoms with Crippen molar-refractivity contribution in [2.75, 3.05) is 6.54 Å². The summed E-state index contributed by atoms with van der Waals surface area (Å²) in [7, 11) is 0. The highest BCUT2D eigenvalue weighted by atomic mass is 35.5. The van der Waals surface area contributed by atoms with Crippen molar-refractivity contribution in [1.29, 1.82) is 0 Å². The van der Waals surface area contributed by atoms with Crippen molar-refractivity contribution in [3.05, 3.63) is 16.9 Å². The summed E-state index contributed by atoms with van der Waals surface area (Å²) in [6.45, 7) is 3.92. The zero-order chi connectivity index (χ0) is 12.1. The van der Waals surface area contributed by atoms with E-state index in [2.05, 4.69) is 10.4 Å². The largest absolute Gasteiger partial charge is 0.312 e. The summed E-state index contributed by atoms with van der Waals surface area (Å²) in [5.74, 6) is 0. The predicted molar refractivity (Wildman–Crippen MR) is 71.5 cm³/mol.